The normalized spacial score (nSPS) is 29.3. The summed E-state index contributed by atoms with van der Waals surface area (Å²) in [6, 6.07) is 0. The van der Waals surface area contributed by atoms with E-state index in [0.717, 1.165) is 5.41 Å². The monoisotopic (exact) mass is 180 g/mol. The van der Waals surface area contributed by atoms with Crippen molar-refractivity contribution in [2.24, 2.45) is 5.41 Å². The van der Waals surface area contributed by atoms with Crippen molar-refractivity contribution in [2.45, 2.75) is 51.9 Å². The molecule has 1 spiro atoms. The number of nitrogens with zero attached hydrogens (tertiary/aromatic N) is 1. The summed E-state index contributed by atoms with van der Waals surface area (Å²) in [4.78, 5) is 2.49. The van der Waals surface area contributed by atoms with E-state index in [1.807, 2.05) is 0 Å². The van der Waals surface area contributed by atoms with E-state index < -0.39 is 0 Å². The Bertz CT molecular complexity index is 149. The van der Waals surface area contributed by atoms with Gasteiger partial charge in [-0.25, -0.2) is 0 Å². The molecule has 2 aliphatic rings. The largest absolute Gasteiger partial charge is 0.299 e. The lowest BCUT2D eigenvalue weighted by Gasteiger charge is -2.44. The SMILES string of the molecule is C[CH]N1CCC2(CCCCC2)CC1. The highest BCUT2D eigenvalue weighted by atomic mass is 15.1. The first kappa shape index (κ1) is 9.51. The van der Waals surface area contributed by atoms with Crippen LogP contribution in [-0.2, 0) is 0 Å². The molecule has 1 nitrogen and oxygen atoms in total. The molecular weight excluding hydrogens is 158 g/mol. The van der Waals surface area contributed by atoms with Gasteiger partial charge in [-0.05, 0) is 51.1 Å². The fourth-order valence-electron chi connectivity index (χ4n) is 3.06. The van der Waals surface area contributed by atoms with Crippen LogP contribution in [0.2, 0.25) is 0 Å². The molecule has 1 saturated heterocycles. The maximum atomic E-state index is 2.49. The molecule has 0 aromatic rings. The number of likely N-dealkylation sites (tertiary alicyclic amines) is 1. The van der Waals surface area contributed by atoms with Gasteiger partial charge in [0.1, 0.15) is 0 Å². The van der Waals surface area contributed by atoms with Crippen molar-refractivity contribution in [2.75, 3.05) is 13.1 Å². The maximum Gasteiger partial charge on any atom is 0.0220 e. The van der Waals surface area contributed by atoms with E-state index in [9.17, 15) is 0 Å². The standard InChI is InChI=1S/C12H22N/c1-2-13-10-8-12(9-11-13)6-4-3-5-7-12/h2H,3-11H2,1H3. The second kappa shape index (κ2) is 4.00. The lowest BCUT2D eigenvalue weighted by molar-refractivity contribution is 0.0821. The summed E-state index contributed by atoms with van der Waals surface area (Å²) in [5.74, 6) is 0. The second-order valence-electron chi connectivity index (χ2n) is 4.85. The fraction of sp³-hybridized carbons (Fsp3) is 0.917. The van der Waals surface area contributed by atoms with E-state index in [1.54, 1.807) is 0 Å². The van der Waals surface area contributed by atoms with Crippen molar-refractivity contribution in [3.8, 4) is 0 Å². The van der Waals surface area contributed by atoms with Crippen molar-refractivity contribution in [3.05, 3.63) is 6.54 Å². The van der Waals surface area contributed by atoms with Crippen LogP contribution in [0.15, 0.2) is 0 Å². The second-order valence-corrected chi connectivity index (χ2v) is 4.85. The van der Waals surface area contributed by atoms with Crippen molar-refractivity contribution in [3.63, 3.8) is 0 Å². The zero-order valence-electron chi connectivity index (χ0n) is 8.89. The van der Waals surface area contributed by atoms with E-state index >= 15 is 0 Å². The van der Waals surface area contributed by atoms with Crippen LogP contribution in [-0.4, -0.2) is 18.0 Å². The number of hydrogen-bond donors (Lipinski definition) is 0. The van der Waals surface area contributed by atoms with Crippen molar-refractivity contribution >= 4 is 0 Å². The Morgan fingerprint density at radius 3 is 2.08 bits per heavy atom. The third-order valence-corrected chi connectivity index (χ3v) is 4.14. The van der Waals surface area contributed by atoms with E-state index in [2.05, 4.69) is 18.4 Å². The van der Waals surface area contributed by atoms with Crippen LogP contribution in [0.25, 0.3) is 0 Å². The van der Waals surface area contributed by atoms with Gasteiger partial charge in [-0.15, -0.1) is 0 Å². The topological polar surface area (TPSA) is 3.24 Å². The molecule has 1 aliphatic carbocycles. The molecule has 0 unspecified atom stereocenters. The molecule has 0 aromatic carbocycles. The lowest BCUT2D eigenvalue weighted by Crippen LogP contribution is -2.39. The van der Waals surface area contributed by atoms with Gasteiger partial charge in [-0.3, -0.25) is 4.90 Å². The summed E-state index contributed by atoms with van der Waals surface area (Å²) in [5.41, 5.74) is 0.776. The molecule has 1 radical (unpaired) electrons. The molecule has 0 bridgehead atoms. The Hall–Kier alpha value is -0.0400. The highest BCUT2D eigenvalue weighted by molar-refractivity contribution is 4.89. The molecule has 2 fully saturated rings. The molecular formula is C12H22N. The van der Waals surface area contributed by atoms with Crippen molar-refractivity contribution in [1.29, 1.82) is 0 Å². The first-order valence-corrected chi connectivity index (χ1v) is 5.88. The summed E-state index contributed by atoms with van der Waals surface area (Å²) in [6.07, 6.45) is 10.4. The van der Waals surface area contributed by atoms with E-state index in [1.165, 1.54) is 58.0 Å². The van der Waals surface area contributed by atoms with Gasteiger partial charge in [0.05, 0.1) is 0 Å². The highest BCUT2D eigenvalue weighted by Gasteiger charge is 2.34. The zero-order valence-corrected chi connectivity index (χ0v) is 8.89. The summed E-state index contributed by atoms with van der Waals surface area (Å²) in [6.45, 7) is 7.06. The molecule has 0 N–H and O–H groups in total. The average Bonchev–Trinajstić information content (AvgIpc) is 2.20. The zero-order chi connectivity index (χ0) is 9.15. The van der Waals surface area contributed by atoms with E-state index in [0.29, 0.717) is 0 Å². The Kier molecular flexibility index (Phi) is 2.92. The van der Waals surface area contributed by atoms with Crippen LogP contribution in [0.3, 0.4) is 0 Å². The van der Waals surface area contributed by atoms with Gasteiger partial charge in [-0.2, -0.15) is 0 Å². The van der Waals surface area contributed by atoms with Crippen LogP contribution in [0.5, 0.6) is 0 Å². The molecule has 0 amide bonds. The van der Waals surface area contributed by atoms with Crippen molar-refractivity contribution < 1.29 is 0 Å². The van der Waals surface area contributed by atoms with Gasteiger partial charge in [0.2, 0.25) is 0 Å². The van der Waals surface area contributed by atoms with Crippen LogP contribution >= 0.6 is 0 Å². The highest BCUT2D eigenvalue weighted by Crippen LogP contribution is 2.44. The summed E-state index contributed by atoms with van der Waals surface area (Å²) < 4.78 is 0. The van der Waals surface area contributed by atoms with Crippen molar-refractivity contribution in [1.82, 2.24) is 4.90 Å². The van der Waals surface area contributed by atoms with E-state index in [-0.39, 0.29) is 0 Å². The predicted molar refractivity (Wildman–Crippen MR) is 56.3 cm³/mol. The first-order chi connectivity index (χ1) is 6.35. The summed E-state index contributed by atoms with van der Waals surface area (Å²) in [7, 11) is 0. The number of hydrogen-bond acceptors (Lipinski definition) is 1. The van der Waals surface area contributed by atoms with Crippen LogP contribution in [0.4, 0.5) is 0 Å². The number of piperidine rings is 1. The number of rotatable bonds is 1. The Morgan fingerprint density at radius 2 is 1.54 bits per heavy atom. The third-order valence-electron chi connectivity index (χ3n) is 4.14. The molecule has 13 heavy (non-hydrogen) atoms. The van der Waals surface area contributed by atoms with Gasteiger partial charge < -0.3 is 0 Å². The quantitative estimate of drug-likeness (QED) is 0.599. The molecule has 0 atom stereocenters. The maximum absolute atomic E-state index is 2.49. The summed E-state index contributed by atoms with van der Waals surface area (Å²) in [5, 5.41) is 0. The first-order valence-electron chi connectivity index (χ1n) is 5.88. The minimum absolute atomic E-state index is 0.776. The van der Waals surface area contributed by atoms with Crippen LogP contribution in [0, 0.1) is 12.0 Å². The third kappa shape index (κ3) is 2.07. The Labute approximate surface area is 82.5 Å². The van der Waals surface area contributed by atoms with Gasteiger partial charge in [0.25, 0.3) is 0 Å². The summed E-state index contributed by atoms with van der Waals surface area (Å²) >= 11 is 0. The van der Waals surface area contributed by atoms with E-state index in [4.69, 9.17) is 0 Å². The smallest absolute Gasteiger partial charge is 0.0220 e. The van der Waals surface area contributed by atoms with Gasteiger partial charge in [0, 0.05) is 6.54 Å². The molecule has 0 aromatic heterocycles. The van der Waals surface area contributed by atoms with Gasteiger partial charge >= 0.3 is 0 Å². The molecule has 1 aliphatic heterocycles. The Morgan fingerprint density at radius 1 is 0.923 bits per heavy atom. The molecule has 1 heteroatoms. The van der Waals surface area contributed by atoms with Crippen LogP contribution in [0.1, 0.15) is 51.9 Å². The molecule has 2 rings (SSSR count). The fourth-order valence-corrected chi connectivity index (χ4v) is 3.06. The molecule has 75 valence electrons. The predicted octanol–water partition coefficient (Wildman–Crippen LogP) is 3.21. The Balaban J connectivity index is 1.87. The average molecular weight is 180 g/mol. The molecule has 1 saturated carbocycles. The van der Waals surface area contributed by atoms with Crippen LogP contribution < -0.4 is 0 Å². The minimum atomic E-state index is 0.776. The van der Waals surface area contributed by atoms with Gasteiger partial charge in [0.15, 0.2) is 0 Å². The molecule has 1 heterocycles. The van der Waals surface area contributed by atoms with Gasteiger partial charge in [-0.1, -0.05) is 19.3 Å². The minimum Gasteiger partial charge on any atom is -0.299 e. The lowest BCUT2D eigenvalue weighted by atomic mass is 9.68.